The smallest absolute Gasteiger partial charge is 0.367 e. The van der Waals surface area contributed by atoms with Crippen molar-refractivity contribution >= 4 is 27.7 Å². The number of methoxy groups -OCH3 is 1. The molecule has 0 fully saturated rings. The van der Waals surface area contributed by atoms with Gasteiger partial charge in [0.25, 0.3) is 0 Å². The number of aromatic nitrogens is 2. The van der Waals surface area contributed by atoms with Gasteiger partial charge in [-0.2, -0.15) is 0 Å². The summed E-state index contributed by atoms with van der Waals surface area (Å²) in [5.41, 5.74) is 0.109. The first-order chi connectivity index (χ1) is 6.72. The van der Waals surface area contributed by atoms with Crippen LogP contribution in [0.1, 0.15) is 9.80 Å². The zero-order chi connectivity index (χ0) is 10.1. The number of esters is 1. The Bertz CT molecular complexity index is 497. The summed E-state index contributed by atoms with van der Waals surface area (Å²) in [6.45, 7) is 0. The van der Waals surface area contributed by atoms with E-state index >= 15 is 0 Å². The molecule has 0 bridgehead atoms. The second-order valence-electron chi connectivity index (χ2n) is 2.46. The highest BCUT2D eigenvalue weighted by Gasteiger charge is 2.14. The van der Waals surface area contributed by atoms with Crippen molar-refractivity contribution in [3.05, 3.63) is 23.1 Å². The van der Waals surface area contributed by atoms with Crippen LogP contribution in [-0.2, 0) is 4.74 Å². The topological polar surface area (TPSA) is 52.1 Å². The Kier molecular flexibility index (Phi) is 2.12. The number of carbonyl (C=O) groups is 1. The lowest BCUT2D eigenvalue weighted by Crippen LogP contribution is -1.99. The van der Waals surface area contributed by atoms with Crippen molar-refractivity contribution in [2.24, 2.45) is 0 Å². The number of carbonyl (C=O) groups excluding carboxylic acids is 1. The molecule has 0 aliphatic carbocycles. The number of thiazole rings is 1. The normalized spacial score (nSPS) is 10.4. The summed E-state index contributed by atoms with van der Waals surface area (Å²) < 4.78 is 17.6. The van der Waals surface area contributed by atoms with Crippen LogP contribution in [0.25, 0.3) is 10.3 Å². The highest BCUT2D eigenvalue weighted by Crippen LogP contribution is 2.22. The number of hydrogen-bond donors (Lipinski definition) is 0. The Morgan fingerprint density at radius 3 is 3.07 bits per heavy atom. The fourth-order valence-electron chi connectivity index (χ4n) is 0.979. The molecule has 2 heterocycles. The molecule has 0 unspecified atom stereocenters. The SMILES string of the molecule is COC(=O)c1nc2c(F)ccnc2s1. The van der Waals surface area contributed by atoms with Crippen LogP contribution in [0.15, 0.2) is 12.3 Å². The summed E-state index contributed by atoms with van der Waals surface area (Å²) >= 11 is 1.01. The van der Waals surface area contributed by atoms with Crippen molar-refractivity contribution < 1.29 is 13.9 Å². The van der Waals surface area contributed by atoms with Crippen LogP contribution in [0, 0.1) is 5.82 Å². The van der Waals surface area contributed by atoms with Crippen LogP contribution in [0.3, 0.4) is 0 Å². The van der Waals surface area contributed by atoms with Gasteiger partial charge in [0.05, 0.1) is 7.11 Å². The van der Waals surface area contributed by atoms with Crippen LogP contribution in [0.2, 0.25) is 0 Å². The number of fused-ring (bicyclic) bond motifs is 1. The van der Waals surface area contributed by atoms with Gasteiger partial charge in [-0.15, -0.1) is 0 Å². The Morgan fingerprint density at radius 1 is 1.64 bits per heavy atom. The molecule has 0 saturated carbocycles. The van der Waals surface area contributed by atoms with Crippen LogP contribution in [0.5, 0.6) is 0 Å². The second kappa shape index (κ2) is 3.30. The number of rotatable bonds is 1. The van der Waals surface area contributed by atoms with E-state index < -0.39 is 11.8 Å². The summed E-state index contributed by atoms with van der Waals surface area (Å²) in [6, 6.07) is 1.20. The Morgan fingerprint density at radius 2 is 2.43 bits per heavy atom. The molecule has 0 aromatic carbocycles. The summed E-state index contributed by atoms with van der Waals surface area (Å²) in [4.78, 5) is 19.1. The number of ether oxygens (including phenoxy) is 1. The summed E-state index contributed by atoms with van der Waals surface area (Å²) in [5, 5.41) is 0.111. The van der Waals surface area contributed by atoms with Gasteiger partial charge < -0.3 is 4.74 Å². The molecule has 4 nitrogen and oxygen atoms in total. The molecular weight excluding hydrogens is 207 g/mol. The maximum atomic E-state index is 13.1. The monoisotopic (exact) mass is 212 g/mol. The standard InChI is InChI=1S/C8H5FN2O2S/c1-13-8(12)7-11-5-4(9)2-3-10-6(5)14-7/h2-3H,1H3. The molecule has 72 valence electrons. The zero-order valence-corrected chi connectivity index (χ0v) is 7.97. The highest BCUT2D eigenvalue weighted by atomic mass is 32.1. The van der Waals surface area contributed by atoms with Crippen molar-refractivity contribution in [2.45, 2.75) is 0 Å². The Balaban J connectivity index is 2.62. The molecule has 2 aromatic heterocycles. The van der Waals surface area contributed by atoms with Crippen molar-refractivity contribution in [3.63, 3.8) is 0 Å². The minimum absolute atomic E-state index is 0.109. The summed E-state index contributed by atoms with van der Waals surface area (Å²) in [7, 11) is 1.25. The molecule has 2 rings (SSSR count). The molecule has 2 aromatic rings. The first kappa shape index (κ1) is 9.01. The Hall–Kier alpha value is -1.56. The van der Waals surface area contributed by atoms with Crippen LogP contribution in [-0.4, -0.2) is 23.0 Å². The molecule has 0 radical (unpaired) electrons. The molecule has 0 spiro atoms. The average Bonchev–Trinajstić information content (AvgIpc) is 2.62. The van der Waals surface area contributed by atoms with Gasteiger partial charge in [-0.05, 0) is 6.07 Å². The van der Waals surface area contributed by atoms with Gasteiger partial charge >= 0.3 is 5.97 Å². The fraction of sp³-hybridized carbons (Fsp3) is 0.125. The van der Waals surface area contributed by atoms with Gasteiger partial charge in [-0.25, -0.2) is 19.2 Å². The van der Waals surface area contributed by atoms with Crippen LogP contribution < -0.4 is 0 Å². The number of hydrogen-bond acceptors (Lipinski definition) is 5. The summed E-state index contributed by atoms with van der Waals surface area (Å²) in [5.74, 6) is -1.06. The third kappa shape index (κ3) is 1.33. The van der Waals surface area contributed by atoms with E-state index in [0.717, 1.165) is 11.3 Å². The largest absolute Gasteiger partial charge is 0.464 e. The molecule has 14 heavy (non-hydrogen) atoms. The van der Waals surface area contributed by atoms with Crippen LogP contribution in [0.4, 0.5) is 4.39 Å². The van der Waals surface area contributed by atoms with Crippen molar-refractivity contribution in [1.82, 2.24) is 9.97 Å². The highest BCUT2D eigenvalue weighted by molar-refractivity contribution is 7.19. The minimum Gasteiger partial charge on any atom is -0.464 e. The first-order valence-electron chi connectivity index (χ1n) is 3.71. The van der Waals surface area contributed by atoms with E-state index in [2.05, 4.69) is 14.7 Å². The minimum atomic E-state index is -0.576. The fourth-order valence-corrected chi connectivity index (χ4v) is 1.82. The molecule has 6 heteroatoms. The molecule has 0 aliphatic heterocycles. The lowest BCUT2D eigenvalue weighted by atomic mass is 10.4. The van der Waals surface area contributed by atoms with Gasteiger partial charge in [0.1, 0.15) is 10.3 Å². The number of pyridine rings is 1. The van der Waals surface area contributed by atoms with Crippen molar-refractivity contribution in [3.8, 4) is 0 Å². The maximum absolute atomic E-state index is 13.1. The van der Waals surface area contributed by atoms with E-state index in [1.165, 1.54) is 19.4 Å². The number of nitrogens with zero attached hydrogens (tertiary/aromatic N) is 2. The quantitative estimate of drug-likeness (QED) is 0.674. The first-order valence-corrected chi connectivity index (χ1v) is 4.53. The molecule has 0 N–H and O–H groups in total. The van der Waals surface area contributed by atoms with E-state index in [-0.39, 0.29) is 10.5 Å². The number of halogens is 1. The second-order valence-corrected chi connectivity index (χ2v) is 3.43. The third-order valence-corrected chi connectivity index (χ3v) is 2.55. The lowest BCUT2D eigenvalue weighted by Gasteiger charge is -1.89. The van der Waals surface area contributed by atoms with Gasteiger partial charge in [0, 0.05) is 6.20 Å². The van der Waals surface area contributed by atoms with Crippen molar-refractivity contribution in [2.75, 3.05) is 7.11 Å². The van der Waals surface area contributed by atoms with Crippen LogP contribution >= 0.6 is 11.3 Å². The van der Waals surface area contributed by atoms with Crippen molar-refractivity contribution in [1.29, 1.82) is 0 Å². The predicted molar refractivity (Wildman–Crippen MR) is 48.7 cm³/mol. The molecular formula is C8H5FN2O2S. The van der Waals surface area contributed by atoms with Gasteiger partial charge in [0.15, 0.2) is 5.82 Å². The van der Waals surface area contributed by atoms with E-state index in [1.54, 1.807) is 0 Å². The molecule has 0 aliphatic rings. The van der Waals surface area contributed by atoms with Gasteiger partial charge in [0.2, 0.25) is 5.01 Å². The zero-order valence-electron chi connectivity index (χ0n) is 7.15. The third-order valence-electron chi connectivity index (χ3n) is 1.61. The maximum Gasteiger partial charge on any atom is 0.367 e. The summed E-state index contributed by atoms with van der Waals surface area (Å²) in [6.07, 6.45) is 1.33. The molecule has 0 saturated heterocycles. The van der Waals surface area contributed by atoms with E-state index in [4.69, 9.17) is 0 Å². The lowest BCUT2D eigenvalue weighted by molar-refractivity contribution is 0.0600. The van der Waals surface area contributed by atoms with E-state index in [9.17, 15) is 9.18 Å². The average molecular weight is 212 g/mol. The molecule has 0 amide bonds. The van der Waals surface area contributed by atoms with Gasteiger partial charge in [-0.1, -0.05) is 11.3 Å². The van der Waals surface area contributed by atoms with E-state index in [0.29, 0.717) is 4.83 Å². The van der Waals surface area contributed by atoms with Gasteiger partial charge in [-0.3, -0.25) is 0 Å². The molecule has 0 atom stereocenters. The predicted octanol–water partition coefficient (Wildman–Crippen LogP) is 1.62. The Labute approximate surface area is 82.4 Å². The van der Waals surface area contributed by atoms with E-state index in [1.807, 2.05) is 0 Å².